The van der Waals surface area contributed by atoms with E-state index in [9.17, 15) is 23.6 Å². The Kier molecular flexibility index (Phi) is 5.91. The van der Waals surface area contributed by atoms with Gasteiger partial charge in [0, 0.05) is 24.4 Å². The molecule has 1 aliphatic heterocycles. The Morgan fingerprint density at radius 3 is 2.27 bits per heavy atom. The maximum atomic E-state index is 13.1. The second kappa shape index (κ2) is 8.46. The molecule has 2 amide bonds. The van der Waals surface area contributed by atoms with Gasteiger partial charge in [-0.1, -0.05) is 0 Å². The zero-order valence-electron chi connectivity index (χ0n) is 16.4. The lowest BCUT2D eigenvalue weighted by atomic mass is 9.81. The number of alkyl halides is 1. The standard InChI is InChI=1S/C22H23ClFNO5/c23-9-7-16(20(27)12-3-5-15(24)6-4-12)30-17(26)8-10-25-21(28)18-13-1-2-14(11-13)19(18)22(25)29/h3-6,13-14,16,18-19H,1-2,7-11H2/t13-,14+,16-,18-,19+/m0/s1. The second-order valence-electron chi connectivity index (χ2n) is 8.29. The fraction of sp³-hybridized carbons (Fsp3) is 0.545. The molecule has 5 atom stereocenters. The van der Waals surface area contributed by atoms with E-state index in [1.54, 1.807) is 0 Å². The van der Waals surface area contributed by atoms with Crippen LogP contribution in [0.2, 0.25) is 0 Å². The molecule has 3 aliphatic rings. The summed E-state index contributed by atoms with van der Waals surface area (Å²) in [7, 11) is 0. The predicted octanol–water partition coefficient (Wildman–Crippen LogP) is 2.97. The quantitative estimate of drug-likeness (QED) is 0.271. The first kappa shape index (κ1) is 21.0. The molecule has 0 spiro atoms. The van der Waals surface area contributed by atoms with Crippen molar-refractivity contribution < 1.29 is 28.3 Å². The van der Waals surface area contributed by atoms with Crippen molar-refractivity contribution in [3.63, 3.8) is 0 Å². The van der Waals surface area contributed by atoms with Crippen LogP contribution in [-0.4, -0.2) is 47.0 Å². The number of Topliss-reactive ketones (excluding diaryl/α,β-unsaturated/α-hetero) is 1. The lowest BCUT2D eigenvalue weighted by molar-refractivity contribution is -0.148. The first-order valence-electron chi connectivity index (χ1n) is 10.3. The Hall–Kier alpha value is -2.28. The van der Waals surface area contributed by atoms with E-state index < -0.39 is 23.7 Å². The highest BCUT2D eigenvalue weighted by molar-refractivity contribution is 6.18. The highest BCUT2D eigenvalue weighted by Crippen LogP contribution is 2.56. The molecule has 4 rings (SSSR count). The minimum absolute atomic E-state index is 0.0404. The van der Waals surface area contributed by atoms with E-state index in [0.717, 1.165) is 31.4 Å². The van der Waals surface area contributed by atoms with Gasteiger partial charge in [-0.2, -0.15) is 0 Å². The number of hydrogen-bond acceptors (Lipinski definition) is 5. The van der Waals surface area contributed by atoms with Crippen molar-refractivity contribution in [3.05, 3.63) is 35.6 Å². The van der Waals surface area contributed by atoms with Crippen LogP contribution in [0.3, 0.4) is 0 Å². The van der Waals surface area contributed by atoms with Crippen LogP contribution >= 0.6 is 11.6 Å². The number of fused-ring (bicyclic) bond motifs is 5. The minimum Gasteiger partial charge on any atom is -0.454 e. The molecule has 8 heteroatoms. The van der Waals surface area contributed by atoms with Crippen LogP contribution in [-0.2, 0) is 19.1 Å². The number of benzene rings is 1. The fourth-order valence-electron chi connectivity index (χ4n) is 5.25. The Balaban J connectivity index is 1.35. The van der Waals surface area contributed by atoms with Gasteiger partial charge in [-0.05, 0) is 55.4 Å². The van der Waals surface area contributed by atoms with E-state index in [1.807, 2.05) is 0 Å². The van der Waals surface area contributed by atoms with Gasteiger partial charge < -0.3 is 4.74 Å². The molecule has 0 N–H and O–H groups in total. The van der Waals surface area contributed by atoms with Crippen molar-refractivity contribution in [2.24, 2.45) is 23.7 Å². The number of ether oxygens (including phenoxy) is 1. The number of halogens is 2. The van der Waals surface area contributed by atoms with Crippen molar-refractivity contribution in [1.82, 2.24) is 4.90 Å². The number of imide groups is 1. The van der Waals surface area contributed by atoms with E-state index >= 15 is 0 Å². The number of rotatable bonds is 8. The Labute approximate surface area is 178 Å². The molecule has 1 aromatic carbocycles. The third kappa shape index (κ3) is 3.75. The molecule has 30 heavy (non-hydrogen) atoms. The topological polar surface area (TPSA) is 80.8 Å². The van der Waals surface area contributed by atoms with Gasteiger partial charge in [-0.25, -0.2) is 4.39 Å². The summed E-state index contributed by atoms with van der Waals surface area (Å²) < 4.78 is 18.4. The Morgan fingerprint density at radius 2 is 1.70 bits per heavy atom. The van der Waals surface area contributed by atoms with E-state index in [2.05, 4.69) is 0 Å². The minimum atomic E-state index is -1.10. The van der Waals surface area contributed by atoms with Gasteiger partial charge in [0.25, 0.3) is 0 Å². The third-order valence-electron chi connectivity index (χ3n) is 6.62. The number of esters is 1. The summed E-state index contributed by atoms with van der Waals surface area (Å²) in [6.45, 7) is -0.0404. The molecular weight excluding hydrogens is 413 g/mol. The van der Waals surface area contributed by atoms with Crippen LogP contribution in [0.15, 0.2) is 24.3 Å². The number of nitrogens with zero attached hydrogens (tertiary/aromatic N) is 1. The molecule has 3 fully saturated rings. The molecule has 1 saturated heterocycles. The SMILES string of the molecule is O=C(CCN1C(=O)[C@@H]2[C@@H]3CC[C@@H](C3)[C@@H]2C1=O)O[C@@H](CCCl)C(=O)c1ccc(F)cc1. The lowest BCUT2D eigenvalue weighted by Crippen LogP contribution is -2.36. The van der Waals surface area contributed by atoms with Crippen molar-refractivity contribution in [2.45, 2.75) is 38.2 Å². The average Bonchev–Trinajstić information content (AvgIpc) is 3.40. The molecule has 2 saturated carbocycles. The van der Waals surface area contributed by atoms with Gasteiger partial charge in [0.1, 0.15) is 5.82 Å². The van der Waals surface area contributed by atoms with Gasteiger partial charge in [0.05, 0.1) is 18.3 Å². The monoisotopic (exact) mass is 435 g/mol. The van der Waals surface area contributed by atoms with E-state index in [4.69, 9.17) is 16.3 Å². The van der Waals surface area contributed by atoms with Crippen LogP contribution < -0.4 is 0 Å². The zero-order valence-corrected chi connectivity index (χ0v) is 17.1. The molecule has 1 aromatic rings. The number of amides is 2. The van der Waals surface area contributed by atoms with Crippen molar-refractivity contribution >= 4 is 35.2 Å². The number of hydrogen-bond donors (Lipinski definition) is 0. The number of ketones is 1. The Bertz CT molecular complexity index is 845. The van der Waals surface area contributed by atoms with Gasteiger partial charge in [-0.15, -0.1) is 11.6 Å². The molecule has 0 unspecified atom stereocenters. The largest absolute Gasteiger partial charge is 0.454 e. The predicted molar refractivity (Wildman–Crippen MR) is 105 cm³/mol. The summed E-state index contributed by atoms with van der Waals surface area (Å²) >= 11 is 5.74. The molecule has 1 heterocycles. The van der Waals surface area contributed by atoms with Crippen LogP contribution in [0.5, 0.6) is 0 Å². The maximum Gasteiger partial charge on any atom is 0.308 e. The number of carbonyl (C=O) groups is 4. The average molecular weight is 436 g/mol. The first-order valence-corrected chi connectivity index (χ1v) is 10.8. The van der Waals surface area contributed by atoms with Crippen molar-refractivity contribution in [1.29, 1.82) is 0 Å². The number of carbonyl (C=O) groups excluding carboxylic acids is 4. The summed E-state index contributed by atoms with van der Waals surface area (Å²) in [5.74, 6) is -1.76. The van der Waals surface area contributed by atoms with E-state index in [0.29, 0.717) is 0 Å². The van der Waals surface area contributed by atoms with Crippen LogP contribution in [0.4, 0.5) is 4.39 Å². The fourth-order valence-corrected chi connectivity index (χ4v) is 5.45. The molecule has 0 radical (unpaired) electrons. The molecule has 0 aromatic heterocycles. The highest BCUT2D eigenvalue weighted by Gasteiger charge is 2.60. The Morgan fingerprint density at radius 1 is 1.10 bits per heavy atom. The molecule has 160 valence electrons. The van der Waals surface area contributed by atoms with Crippen LogP contribution in [0.1, 0.15) is 42.5 Å². The number of likely N-dealkylation sites (tertiary alicyclic amines) is 1. The molecule has 2 bridgehead atoms. The molecule has 6 nitrogen and oxygen atoms in total. The van der Waals surface area contributed by atoms with Crippen LogP contribution in [0, 0.1) is 29.5 Å². The van der Waals surface area contributed by atoms with Gasteiger partial charge >= 0.3 is 5.97 Å². The first-order chi connectivity index (χ1) is 14.4. The maximum absolute atomic E-state index is 13.1. The normalized spacial score (nSPS) is 28.0. The van der Waals surface area contributed by atoms with E-state index in [-0.39, 0.29) is 66.3 Å². The lowest BCUT2D eigenvalue weighted by Gasteiger charge is -2.19. The van der Waals surface area contributed by atoms with Gasteiger partial charge in [-0.3, -0.25) is 24.1 Å². The van der Waals surface area contributed by atoms with Crippen molar-refractivity contribution in [3.8, 4) is 0 Å². The highest BCUT2D eigenvalue weighted by atomic mass is 35.5. The summed E-state index contributed by atoms with van der Waals surface area (Å²) in [6.07, 6.45) is 1.77. The summed E-state index contributed by atoms with van der Waals surface area (Å²) in [4.78, 5) is 51.5. The summed E-state index contributed by atoms with van der Waals surface area (Å²) in [5, 5.41) is 0. The van der Waals surface area contributed by atoms with Gasteiger partial charge in [0.15, 0.2) is 6.10 Å². The van der Waals surface area contributed by atoms with Crippen molar-refractivity contribution in [2.75, 3.05) is 12.4 Å². The molecule has 2 aliphatic carbocycles. The van der Waals surface area contributed by atoms with Crippen LogP contribution in [0.25, 0.3) is 0 Å². The third-order valence-corrected chi connectivity index (χ3v) is 6.84. The smallest absolute Gasteiger partial charge is 0.308 e. The second-order valence-corrected chi connectivity index (χ2v) is 8.67. The zero-order chi connectivity index (χ0) is 21.4. The van der Waals surface area contributed by atoms with Gasteiger partial charge in [0.2, 0.25) is 17.6 Å². The summed E-state index contributed by atoms with van der Waals surface area (Å²) in [5.41, 5.74) is 0.215. The summed E-state index contributed by atoms with van der Waals surface area (Å²) in [6, 6.07) is 4.95. The van der Waals surface area contributed by atoms with E-state index in [1.165, 1.54) is 17.0 Å². The molecular formula is C22H23ClFNO5.